The minimum Gasteiger partial charge on any atom is -0.396 e. The van der Waals surface area contributed by atoms with Crippen molar-refractivity contribution in [3.05, 3.63) is 0 Å². The topological polar surface area (TPSA) is 32.3 Å². The lowest BCUT2D eigenvalue weighted by molar-refractivity contribution is 0.246. The number of hydrogen-bond acceptors (Lipinski definition) is 2. The molecule has 0 radical (unpaired) electrons. The van der Waals surface area contributed by atoms with Gasteiger partial charge in [-0.2, -0.15) is 0 Å². The summed E-state index contributed by atoms with van der Waals surface area (Å²) >= 11 is 0. The normalized spacial score (nSPS) is 14.7. The summed E-state index contributed by atoms with van der Waals surface area (Å²) in [6.07, 6.45) is 9.53. The highest BCUT2D eigenvalue weighted by Crippen LogP contribution is 2.09. The highest BCUT2D eigenvalue weighted by molar-refractivity contribution is 4.97. The lowest BCUT2D eigenvalue weighted by atomic mass is 10.00. The summed E-state index contributed by atoms with van der Waals surface area (Å²) in [6.45, 7) is 5.46. The van der Waals surface area contributed by atoms with E-state index < -0.39 is 0 Å². The molecule has 0 saturated heterocycles. The van der Waals surface area contributed by atoms with E-state index in [1.54, 1.807) is 0 Å². The first-order valence-corrected chi connectivity index (χ1v) is 5.58. The zero-order valence-electron chi connectivity index (χ0n) is 9.42. The molecule has 0 saturated carbocycles. The van der Waals surface area contributed by atoms with Crippen LogP contribution in [0, 0.1) is 18.3 Å². The smallest absolute Gasteiger partial charge is 0.0684 e. The number of aliphatic hydroxyl groups is 1. The van der Waals surface area contributed by atoms with E-state index in [0.717, 1.165) is 25.8 Å². The predicted molar refractivity (Wildman–Crippen MR) is 61.0 cm³/mol. The molecule has 0 fully saturated rings. The van der Waals surface area contributed by atoms with E-state index in [9.17, 15) is 0 Å². The molecule has 0 aromatic heterocycles. The van der Waals surface area contributed by atoms with Crippen LogP contribution in [0.3, 0.4) is 0 Å². The summed E-state index contributed by atoms with van der Waals surface area (Å²) in [5.41, 5.74) is 0. The van der Waals surface area contributed by atoms with Gasteiger partial charge in [-0.1, -0.05) is 26.2 Å². The van der Waals surface area contributed by atoms with Crippen LogP contribution in [0.4, 0.5) is 0 Å². The van der Waals surface area contributed by atoms with Crippen LogP contribution in [0.2, 0.25) is 0 Å². The Morgan fingerprint density at radius 3 is 2.50 bits per heavy atom. The molecule has 0 bridgehead atoms. The maximum Gasteiger partial charge on any atom is 0.0684 e. The van der Waals surface area contributed by atoms with Gasteiger partial charge in [0.1, 0.15) is 0 Å². The van der Waals surface area contributed by atoms with Crippen molar-refractivity contribution in [2.24, 2.45) is 5.92 Å². The Morgan fingerprint density at radius 2 is 2.07 bits per heavy atom. The first-order chi connectivity index (χ1) is 6.78. The minimum absolute atomic E-state index is 0.188. The lowest BCUT2D eigenvalue weighted by Gasteiger charge is -2.18. The van der Waals surface area contributed by atoms with E-state index in [2.05, 4.69) is 25.1 Å². The highest BCUT2D eigenvalue weighted by Gasteiger charge is 2.08. The van der Waals surface area contributed by atoms with Crippen LogP contribution in [0.25, 0.3) is 0 Å². The fourth-order valence-corrected chi connectivity index (χ4v) is 1.57. The van der Waals surface area contributed by atoms with Crippen molar-refractivity contribution >= 4 is 0 Å². The molecule has 2 N–H and O–H groups in total. The van der Waals surface area contributed by atoms with Crippen LogP contribution in [0.1, 0.15) is 39.5 Å². The second-order valence-electron chi connectivity index (χ2n) is 3.70. The second kappa shape index (κ2) is 9.05. The molecule has 0 amide bonds. The molecule has 0 aliphatic heterocycles. The van der Waals surface area contributed by atoms with Crippen LogP contribution in [-0.2, 0) is 0 Å². The van der Waals surface area contributed by atoms with E-state index in [1.165, 1.54) is 6.42 Å². The van der Waals surface area contributed by atoms with Crippen molar-refractivity contribution in [1.82, 2.24) is 5.32 Å². The molecule has 0 rings (SSSR count). The fraction of sp³-hybridized carbons (Fsp3) is 0.833. The minimum atomic E-state index is 0.188. The Labute approximate surface area is 88.1 Å². The van der Waals surface area contributed by atoms with Crippen molar-refractivity contribution in [1.29, 1.82) is 0 Å². The van der Waals surface area contributed by atoms with Gasteiger partial charge >= 0.3 is 0 Å². The van der Waals surface area contributed by atoms with Crippen molar-refractivity contribution in [3.8, 4) is 12.3 Å². The fourth-order valence-electron chi connectivity index (χ4n) is 1.57. The highest BCUT2D eigenvalue weighted by atomic mass is 16.3. The van der Waals surface area contributed by atoms with Gasteiger partial charge in [-0.05, 0) is 31.7 Å². The van der Waals surface area contributed by atoms with Gasteiger partial charge in [-0.25, -0.2) is 0 Å². The first-order valence-electron chi connectivity index (χ1n) is 5.58. The molecule has 0 aliphatic carbocycles. The third kappa shape index (κ3) is 6.01. The van der Waals surface area contributed by atoms with Crippen molar-refractivity contribution in [2.75, 3.05) is 13.2 Å². The Morgan fingerprint density at radius 1 is 1.36 bits per heavy atom. The van der Waals surface area contributed by atoms with Gasteiger partial charge in [0, 0.05) is 6.61 Å². The van der Waals surface area contributed by atoms with Gasteiger partial charge in [0.15, 0.2) is 0 Å². The molecule has 2 nitrogen and oxygen atoms in total. The molecule has 0 spiro atoms. The maximum absolute atomic E-state index is 8.87. The zero-order chi connectivity index (χ0) is 10.8. The van der Waals surface area contributed by atoms with E-state index in [-0.39, 0.29) is 12.6 Å². The Hall–Kier alpha value is -0.520. The molecular weight excluding hydrogens is 174 g/mol. The van der Waals surface area contributed by atoms with Crippen molar-refractivity contribution < 1.29 is 5.11 Å². The number of aliphatic hydroxyl groups excluding tert-OH is 1. The molecule has 2 atom stereocenters. The quantitative estimate of drug-likeness (QED) is 0.581. The maximum atomic E-state index is 8.87. The summed E-state index contributed by atoms with van der Waals surface area (Å²) in [4.78, 5) is 0. The summed E-state index contributed by atoms with van der Waals surface area (Å²) < 4.78 is 0. The second-order valence-corrected chi connectivity index (χ2v) is 3.70. The Kier molecular flexibility index (Phi) is 8.72. The van der Waals surface area contributed by atoms with Crippen LogP contribution < -0.4 is 5.32 Å². The van der Waals surface area contributed by atoms with Crippen molar-refractivity contribution in [2.45, 2.75) is 45.6 Å². The van der Waals surface area contributed by atoms with E-state index in [0.29, 0.717) is 5.92 Å². The summed E-state index contributed by atoms with van der Waals surface area (Å²) in [5, 5.41) is 12.2. The molecule has 0 aliphatic rings. The monoisotopic (exact) mass is 197 g/mol. The largest absolute Gasteiger partial charge is 0.396 e. The Bertz CT molecular complexity index is 156. The molecule has 2 unspecified atom stereocenters. The zero-order valence-corrected chi connectivity index (χ0v) is 9.42. The molecule has 0 heterocycles. The standard InChI is InChI=1S/C12H23NO/c1-4-7-11(8-9-14)10-13-12(5-2)6-3/h2,11-14H,4,6-10H2,1,3H3. The van der Waals surface area contributed by atoms with Crippen LogP contribution in [0.15, 0.2) is 0 Å². The number of rotatable bonds is 8. The number of nitrogens with one attached hydrogen (secondary N) is 1. The Balaban J connectivity index is 3.74. The van der Waals surface area contributed by atoms with Gasteiger partial charge in [-0.3, -0.25) is 0 Å². The van der Waals surface area contributed by atoms with Gasteiger partial charge < -0.3 is 10.4 Å². The van der Waals surface area contributed by atoms with E-state index in [1.807, 2.05) is 0 Å². The first kappa shape index (κ1) is 13.5. The van der Waals surface area contributed by atoms with Crippen LogP contribution in [0.5, 0.6) is 0 Å². The molecule has 82 valence electrons. The van der Waals surface area contributed by atoms with Gasteiger partial charge in [0.25, 0.3) is 0 Å². The van der Waals surface area contributed by atoms with Gasteiger partial charge in [0.05, 0.1) is 6.04 Å². The third-order valence-electron chi connectivity index (χ3n) is 2.50. The summed E-state index contributed by atoms with van der Waals surface area (Å²) in [6, 6.07) is 0.188. The average Bonchev–Trinajstić information content (AvgIpc) is 2.20. The summed E-state index contributed by atoms with van der Waals surface area (Å²) in [7, 11) is 0. The SMILES string of the molecule is C#CC(CC)NCC(CCC)CCO. The van der Waals surface area contributed by atoms with E-state index in [4.69, 9.17) is 11.5 Å². The van der Waals surface area contributed by atoms with Gasteiger partial charge in [-0.15, -0.1) is 6.42 Å². The summed E-state index contributed by atoms with van der Waals surface area (Å²) in [5.74, 6) is 3.28. The van der Waals surface area contributed by atoms with Crippen LogP contribution in [-0.4, -0.2) is 24.3 Å². The van der Waals surface area contributed by atoms with Gasteiger partial charge in [0.2, 0.25) is 0 Å². The van der Waals surface area contributed by atoms with E-state index >= 15 is 0 Å². The number of terminal acetylenes is 1. The average molecular weight is 197 g/mol. The molecule has 0 aromatic carbocycles. The molecule has 2 heteroatoms. The molecular formula is C12H23NO. The third-order valence-corrected chi connectivity index (χ3v) is 2.50. The molecule has 0 aromatic rings. The van der Waals surface area contributed by atoms with Crippen LogP contribution >= 0.6 is 0 Å². The predicted octanol–water partition coefficient (Wildman–Crippen LogP) is 1.79. The molecule has 14 heavy (non-hydrogen) atoms. The lowest BCUT2D eigenvalue weighted by Crippen LogP contribution is -2.32. The van der Waals surface area contributed by atoms with Crippen molar-refractivity contribution in [3.63, 3.8) is 0 Å². The number of hydrogen-bond donors (Lipinski definition) is 2.